The van der Waals surface area contributed by atoms with Crippen molar-refractivity contribution in [2.24, 2.45) is 5.73 Å². The van der Waals surface area contributed by atoms with Crippen molar-refractivity contribution in [3.63, 3.8) is 0 Å². The number of piperidine rings is 1. The minimum Gasteiger partial charge on any atom is -0.495 e. The molecule has 1 aliphatic heterocycles. The Morgan fingerprint density at radius 3 is 2.48 bits per heavy atom. The van der Waals surface area contributed by atoms with E-state index in [9.17, 15) is 31.2 Å². The average Bonchev–Trinajstić information content (AvgIpc) is 3.28. The fraction of sp³-hybridized carbons (Fsp3) is 0.379. The van der Waals surface area contributed by atoms with Gasteiger partial charge >= 0.3 is 12.2 Å². The van der Waals surface area contributed by atoms with Gasteiger partial charge in [0.1, 0.15) is 12.3 Å². The number of anilines is 2. The van der Waals surface area contributed by atoms with Gasteiger partial charge in [0.05, 0.1) is 47.7 Å². The molecule has 5 N–H and O–H groups in total. The number of fused-ring (bicyclic) bond motifs is 1. The van der Waals surface area contributed by atoms with Crippen LogP contribution in [-0.4, -0.2) is 81.6 Å². The van der Waals surface area contributed by atoms with E-state index in [0.29, 0.717) is 42.7 Å². The highest BCUT2D eigenvalue weighted by Gasteiger charge is 2.30. The molecule has 2 heterocycles. The van der Waals surface area contributed by atoms with E-state index in [4.69, 9.17) is 10.5 Å². The van der Waals surface area contributed by atoms with E-state index >= 15 is 0 Å². The second kappa shape index (κ2) is 13.5. The summed E-state index contributed by atoms with van der Waals surface area (Å²) in [6, 6.07) is 9.83. The number of sulfone groups is 1. The minimum atomic E-state index is -4.53. The molecular weight excluding hydrogens is 601 g/mol. The predicted octanol–water partition coefficient (Wildman–Crippen LogP) is 3.15. The molecule has 1 aliphatic rings. The van der Waals surface area contributed by atoms with Crippen LogP contribution < -0.4 is 26.4 Å². The third kappa shape index (κ3) is 8.57. The Morgan fingerprint density at radius 1 is 1.11 bits per heavy atom. The van der Waals surface area contributed by atoms with Gasteiger partial charge in [-0.1, -0.05) is 12.0 Å². The number of hydrogen-bond donors (Lipinski definition) is 4. The molecule has 2 aromatic carbocycles. The van der Waals surface area contributed by atoms with Crippen LogP contribution in [0.1, 0.15) is 18.5 Å². The summed E-state index contributed by atoms with van der Waals surface area (Å²) in [5.74, 6) is 5.44. The number of benzene rings is 2. The van der Waals surface area contributed by atoms with E-state index in [0.717, 1.165) is 10.8 Å². The van der Waals surface area contributed by atoms with Crippen molar-refractivity contribution in [2.75, 3.05) is 50.2 Å². The summed E-state index contributed by atoms with van der Waals surface area (Å²) in [4.78, 5) is 25.9. The Labute approximate surface area is 252 Å². The molecule has 3 aromatic rings. The molecule has 15 heteroatoms. The minimum absolute atomic E-state index is 0.0217. The Bertz CT molecular complexity index is 1700. The standard InChI is InChI=1S/C29H33F3N6O5S/c1-43-26-16-21(44(2,41)42)8-9-24(26)34-12-4-5-20-15-22-23(6-3-7-25(22)38(20)18-29(30,31)32)36-28(40)35-19-10-13-37(14-11-19)17-27(33)39/h3,6-9,15-16,19,34H,10-14,17-18H2,1-2H3,(H2,33,39)(H2,35,36,40). The van der Waals surface area contributed by atoms with Crippen LogP contribution in [0.5, 0.6) is 5.75 Å². The molecule has 0 spiro atoms. The van der Waals surface area contributed by atoms with Crippen LogP contribution in [0.4, 0.5) is 29.3 Å². The van der Waals surface area contributed by atoms with E-state index in [1.54, 1.807) is 12.1 Å². The Kier molecular flexibility index (Phi) is 9.95. The molecule has 236 valence electrons. The number of likely N-dealkylation sites (tertiary alicyclic amines) is 1. The first-order valence-electron chi connectivity index (χ1n) is 13.6. The summed E-state index contributed by atoms with van der Waals surface area (Å²) >= 11 is 0. The summed E-state index contributed by atoms with van der Waals surface area (Å²) in [6.45, 7) is 0.0880. The monoisotopic (exact) mass is 634 g/mol. The van der Waals surface area contributed by atoms with E-state index in [1.807, 2.05) is 4.90 Å². The van der Waals surface area contributed by atoms with E-state index in [2.05, 4.69) is 27.8 Å². The SMILES string of the molecule is COc1cc(S(C)(=O)=O)ccc1NCC#Cc1cc2c(NC(=O)NC3CCN(CC(N)=O)CC3)cccc2n1CC(F)(F)F. The molecule has 1 fully saturated rings. The maximum atomic E-state index is 13.6. The number of rotatable bonds is 9. The summed E-state index contributed by atoms with van der Waals surface area (Å²) in [6.07, 6.45) is -2.21. The van der Waals surface area contributed by atoms with Crippen LogP contribution in [0.3, 0.4) is 0 Å². The van der Waals surface area contributed by atoms with E-state index in [1.165, 1.54) is 37.4 Å². The van der Waals surface area contributed by atoms with Crippen molar-refractivity contribution >= 4 is 44.1 Å². The van der Waals surface area contributed by atoms with Gasteiger partial charge in [-0.15, -0.1) is 0 Å². The second-order valence-electron chi connectivity index (χ2n) is 10.4. The van der Waals surface area contributed by atoms with Crippen LogP contribution in [-0.2, 0) is 21.2 Å². The van der Waals surface area contributed by atoms with Crippen molar-refractivity contribution in [2.45, 2.75) is 36.5 Å². The lowest BCUT2D eigenvalue weighted by Gasteiger charge is -2.31. The van der Waals surface area contributed by atoms with Crippen molar-refractivity contribution in [3.05, 3.63) is 48.2 Å². The number of carbonyl (C=O) groups excluding carboxylic acids is 2. The average molecular weight is 635 g/mol. The van der Waals surface area contributed by atoms with E-state index in [-0.39, 0.29) is 41.0 Å². The number of amides is 3. The summed E-state index contributed by atoms with van der Waals surface area (Å²) in [7, 11) is -2.06. The maximum Gasteiger partial charge on any atom is 0.406 e. The first-order valence-corrected chi connectivity index (χ1v) is 15.5. The lowest BCUT2D eigenvalue weighted by molar-refractivity contribution is -0.140. The second-order valence-corrected chi connectivity index (χ2v) is 12.4. The molecule has 0 radical (unpaired) electrons. The van der Waals surface area contributed by atoms with Crippen LogP contribution in [0.15, 0.2) is 47.4 Å². The molecule has 0 atom stereocenters. The number of nitrogens with zero attached hydrogens (tertiary/aromatic N) is 2. The maximum absolute atomic E-state index is 13.6. The number of methoxy groups -OCH3 is 1. The normalized spacial score (nSPS) is 14.5. The van der Waals surface area contributed by atoms with Crippen molar-refractivity contribution < 1.29 is 35.9 Å². The van der Waals surface area contributed by atoms with Crippen molar-refractivity contribution in [1.29, 1.82) is 0 Å². The van der Waals surface area contributed by atoms with Gasteiger partial charge in [-0.3, -0.25) is 9.69 Å². The Balaban J connectivity index is 1.51. The predicted molar refractivity (Wildman–Crippen MR) is 160 cm³/mol. The smallest absolute Gasteiger partial charge is 0.406 e. The van der Waals surface area contributed by atoms with Gasteiger partial charge in [0.2, 0.25) is 5.91 Å². The summed E-state index contributed by atoms with van der Waals surface area (Å²) in [5, 5.41) is 9.00. The molecule has 0 aliphatic carbocycles. The van der Waals surface area contributed by atoms with Gasteiger partial charge in [0.15, 0.2) is 9.84 Å². The number of aromatic nitrogens is 1. The quantitative estimate of drug-likeness (QED) is 0.265. The topological polar surface area (TPSA) is 148 Å². The first-order chi connectivity index (χ1) is 20.7. The summed E-state index contributed by atoms with van der Waals surface area (Å²) in [5.41, 5.74) is 6.36. The van der Waals surface area contributed by atoms with Gasteiger partial charge < -0.3 is 31.0 Å². The van der Waals surface area contributed by atoms with Crippen LogP contribution >= 0.6 is 0 Å². The molecule has 4 rings (SSSR count). The molecule has 0 saturated carbocycles. The number of nitrogens with one attached hydrogen (secondary N) is 3. The number of primary amides is 1. The Morgan fingerprint density at radius 2 is 1.84 bits per heavy atom. The van der Waals surface area contributed by atoms with Gasteiger partial charge in [-0.05, 0) is 49.1 Å². The third-order valence-electron chi connectivity index (χ3n) is 7.02. The Hall–Kier alpha value is -4.42. The largest absolute Gasteiger partial charge is 0.495 e. The number of nitrogens with two attached hydrogens (primary N) is 1. The molecule has 11 nitrogen and oxygen atoms in total. The van der Waals surface area contributed by atoms with Crippen LogP contribution in [0.25, 0.3) is 10.9 Å². The van der Waals surface area contributed by atoms with Gasteiger partial charge in [-0.25, -0.2) is 13.2 Å². The lowest BCUT2D eigenvalue weighted by atomic mass is 10.1. The highest BCUT2D eigenvalue weighted by molar-refractivity contribution is 7.90. The van der Waals surface area contributed by atoms with Gasteiger partial charge in [0.25, 0.3) is 0 Å². The molecule has 0 bridgehead atoms. The zero-order valence-corrected chi connectivity index (χ0v) is 24.9. The number of carbonyl (C=O) groups is 2. The van der Waals surface area contributed by atoms with Crippen molar-refractivity contribution in [1.82, 2.24) is 14.8 Å². The fourth-order valence-corrected chi connectivity index (χ4v) is 5.61. The molecule has 44 heavy (non-hydrogen) atoms. The van der Waals surface area contributed by atoms with Crippen LogP contribution in [0.2, 0.25) is 0 Å². The molecule has 1 saturated heterocycles. The fourth-order valence-electron chi connectivity index (χ4n) is 4.97. The molecule has 3 amide bonds. The van der Waals surface area contributed by atoms with Crippen LogP contribution in [0, 0.1) is 11.8 Å². The number of halogens is 3. The zero-order valence-electron chi connectivity index (χ0n) is 24.1. The van der Waals surface area contributed by atoms with E-state index < -0.39 is 34.5 Å². The highest BCUT2D eigenvalue weighted by atomic mass is 32.2. The number of hydrogen-bond acceptors (Lipinski definition) is 7. The first kappa shape index (κ1) is 32.5. The molecule has 1 aromatic heterocycles. The molecule has 0 unspecified atom stereocenters. The van der Waals surface area contributed by atoms with Gasteiger partial charge in [0, 0.05) is 36.8 Å². The van der Waals surface area contributed by atoms with Crippen molar-refractivity contribution in [3.8, 4) is 17.6 Å². The molecular formula is C29H33F3N6O5S. The summed E-state index contributed by atoms with van der Waals surface area (Å²) < 4.78 is 70.6. The highest BCUT2D eigenvalue weighted by Crippen LogP contribution is 2.31. The lowest BCUT2D eigenvalue weighted by Crippen LogP contribution is -2.47. The number of ether oxygens (including phenoxy) is 1. The zero-order chi connectivity index (χ0) is 32.1. The number of alkyl halides is 3. The third-order valence-corrected chi connectivity index (χ3v) is 8.13. The van der Waals surface area contributed by atoms with Gasteiger partial charge in [-0.2, -0.15) is 13.2 Å². The number of urea groups is 1.